The summed E-state index contributed by atoms with van der Waals surface area (Å²) in [6.45, 7) is 7.52. The number of rotatable bonds is 5. The van der Waals surface area contributed by atoms with Gasteiger partial charge in [-0.1, -0.05) is 13.8 Å². The SMILES string of the molecule is Cc1cc2cc(C(C)C)cc(C(=O)O)c2n1CCCN. The minimum atomic E-state index is -0.871. The van der Waals surface area contributed by atoms with E-state index in [1.165, 1.54) is 0 Å². The standard InChI is InChI=1S/C16H22N2O2/c1-10(2)12-8-13-7-11(3)18(6-4-5-17)15(13)14(9-12)16(19)20/h7-10H,4-6,17H2,1-3H3,(H,19,20). The van der Waals surface area contributed by atoms with Crippen LogP contribution in [0, 0.1) is 6.92 Å². The van der Waals surface area contributed by atoms with E-state index in [-0.39, 0.29) is 0 Å². The highest BCUT2D eigenvalue weighted by molar-refractivity contribution is 6.03. The highest BCUT2D eigenvalue weighted by Gasteiger charge is 2.17. The predicted molar refractivity (Wildman–Crippen MR) is 81.4 cm³/mol. The van der Waals surface area contributed by atoms with Crippen LogP contribution in [-0.4, -0.2) is 22.2 Å². The normalized spacial score (nSPS) is 11.4. The number of fused-ring (bicyclic) bond motifs is 1. The Morgan fingerprint density at radius 3 is 2.60 bits per heavy atom. The van der Waals surface area contributed by atoms with Gasteiger partial charge in [0.1, 0.15) is 0 Å². The van der Waals surface area contributed by atoms with E-state index < -0.39 is 5.97 Å². The highest BCUT2D eigenvalue weighted by atomic mass is 16.4. The second-order valence-corrected chi connectivity index (χ2v) is 5.55. The van der Waals surface area contributed by atoms with Crippen molar-refractivity contribution in [3.05, 3.63) is 35.0 Å². The van der Waals surface area contributed by atoms with Crippen molar-refractivity contribution in [2.75, 3.05) is 6.54 Å². The molecule has 0 aliphatic rings. The number of hydrogen-bond donors (Lipinski definition) is 2. The predicted octanol–water partition coefficient (Wildman–Crippen LogP) is 3.12. The van der Waals surface area contributed by atoms with Gasteiger partial charge in [-0.3, -0.25) is 0 Å². The molecule has 0 aliphatic carbocycles. The summed E-state index contributed by atoms with van der Waals surface area (Å²) < 4.78 is 2.07. The molecule has 1 heterocycles. The van der Waals surface area contributed by atoms with Crippen LogP contribution in [0.3, 0.4) is 0 Å². The summed E-state index contributed by atoms with van der Waals surface area (Å²) in [7, 11) is 0. The molecule has 0 atom stereocenters. The topological polar surface area (TPSA) is 68.2 Å². The van der Waals surface area contributed by atoms with Crippen LogP contribution < -0.4 is 5.73 Å². The van der Waals surface area contributed by atoms with Crippen molar-refractivity contribution < 1.29 is 9.90 Å². The van der Waals surface area contributed by atoms with Crippen molar-refractivity contribution >= 4 is 16.9 Å². The first-order valence-electron chi connectivity index (χ1n) is 7.02. The molecule has 0 aliphatic heterocycles. The average molecular weight is 274 g/mol. The summed E-state index contributed by atoms with van der Waals surface area (Å²) in [4.78, 5) is 11.6. The molecule has 0 saturated carbocycles. The Bertz CT molecular complexity index is 641. The Morgan fingerprint density at radius 1 is 1.35 bits per heavy atom. The van der Waals surface area contributed by atoms with E-state index in [0.717, 1.165) is 35.1 Å². The molecule has 0 saturated heterocycles. The maximum atomic E-state index is 11.6. The Kier molecular flexibility index (Phi) is 4.14. The molecule has 2 aromatic rings. The van der Waals surface area contributed by atoms with Gasteiger partial charge in [0.05, 0.1) is 11.1 Å². The zero-order valence-corrected chi connectivity index (χ0v) is 12.3. The third-order valence-electron chi connectivity index (χ3n) is 3.70. The van der Waals surface area contributed by atoms with Gasteiger partial charge in [0, 0.05) is 17.6 Å². The van der Waals surface area contributed by atoms with Gasteiger partial charge in [-0.2, -0.15) is 0 Å². The summed E-state index contributed by atoms with van der Waals surface area (Å²) in [6, 6.07) is 5.95. The molecule has 4 nitrogen and oxygen atoms in total. The maximum Gasteiger partial charge on any atom is 0.337 e. The lowest BCUT2D eigenvalue weighted by Gasteiger charge is -2.12. The number of aromatic nitrogens is 1. The number of carbonyl (C=O) groups is 1. The van der Waals surface area contributed by atoms with Crippen molar-refractivity contribution in [1.29, 1.82) is 0 Å². The molecule has 108 valence electrons. The molecule has 0 unspecified atom stereocenters. The maximum absolute atomic E-state index is 11.6. The van der Waals surface area contributed by atoms with Crippen LogP contribution in [0.25, 0.3) is 10.9 Å². The van der Waals surface area contributed by atoms with Crippen molar-refractivity contribution in [2.24, 2.45) is 5.73 Å². The molecule has 0 amide bonds. The Morgan fingerprint density at radius 2 is 2.05 bits per heavy atom. The number of nitrogens with zero attached hydrogens (tertiary/aromatic N) is 1. The van der Waals surface area contributed by atoms with Gasteiger partial charge < -0.3 is 15.4 Å². The first kappa shape index (κ1) is 14.6. The van der Waals surface area contributed by atoms with Gasteiger partial charge in [0.25, 0.3) is 0 Å². The van der Waals surface area contributed by atoms with Gasteiger partial charge >= 0.3 is 5.97 Å². The minimum Gasteiger partial charge on any atom is -0.478 e. The molecule has 0 fully saturated rings. The fourth-order valence-electron chi connectivity index (χ4n) is 2.60. The zero-order valence-electron chi connectivity index (χ0n) is 12.3. The number of nitrogens with two attached hydrogens (primary N) is 1. The lowest BCUT2D eigenvalue weighted by molar-refractivity contribution is 0.0698. The van der Waals surface area contributed by atoms with Crippen molar-refractivity contribution in [2.45, 2.75) is 39.7 Å². The minimum absolute atomic E-state index is 0.310. The lowest BCUT2D eigenvalue weighted by Crippen LogP contribution is -2.09. The number of hydrogen-bond acceptors (Lipinski definition) is 2. The second-order valence-electron chi connectivity index (χ2n) is 5.55. The molecule has 2 rings (SSSR count). The van der Waals surface area contributed by atoms with Crippen LogP contribution >= 0.6 is 0 Å². The Balaban J connectivity index is 2.70. The fraction of sp³-hybridized carbons (Fsp3) is 0.438. The first-order valence-corrected chi connectivity index (χ1v) is 7.02. The van der Waals surface area contributed by atoms with E-state index in [1.54, 1.807) is 6.07 Å². The molecule has 0 radical (unpaired) electrons. The van der Waals surface area contributed by atoms with E-state index in [1.807, 2.05) is 6.92 Å². The molecular formula is C16H22N2O2. The number of aromatic carboxylic acids is 1. The van der Waals surface area contributed by atoms with Crippen LogP contribution in [0.5, 0.6) is 0 Å². The fourth-order valence-corrected chi connectivity index (χ4v) is 2.60. The summed E-state index contributed by atoms with van der Waals surface area (Å²) in [6.07, 6.45) is 0.843. The quantitative estimate of drug-likeness (QED) is 0.880. The van der Waals surface area contributed by atoms with Crippen molar-refractivity contribution in [3.63, 3.8) is 0 Å². The van der Waals surface area contributed by atoms with Crippen LogP contribution in [0.2, 0.25) is 0 Å². The summed E-state index contributed by atoms with van der Waals surface area (Å²) in [5, 5.41) is 10.5. The average Bonchev–Trinajstić information content (AvgIpc) is 2.70. The van der Waals surface area contributed by atoms with Crippen LogP contribution in [0.1, 0.15) is 47.8 Å². The smallest absolute Gasteiger partial charge is 0.337 e. The van der Waals surface area contributed by atoms with Crippen molar-refractivity contribution in [1.82, 2.24) is 4.57 Å². The molecule has 0 spiro atoms. The van der Waals surface area contributed by atoms with Crippen LogP contribution in [-0.2, 0) is 6.54 Å². The van der Waals surface area contributed by atoms with Gasteiger partial charge in [0.15, 0.2) is 0 Å². The van der Waals surface area contributed by atoms with E-state index in [0.29, 0.717) is 18.0 Å². The molecule has 20 heavy (non-hydrogen) atoms. The third kappa shape index (κ3) is 2.56. The molecule has 0 bridgehead atoms. The van der Waals surface area contributed by atoms with Gasteiger partial charge in [-0.15, -0.1) is 0 Å². The van der Waals surface area contributed by atoms with Gasteiger partial charge in [-0.05, 0) is 49.6 Å². The van der Waals surface area contributed by atoms with E-state index in [9.17, 15) is 9.90 Å². The monoisotopic (exact) mass is 274 g/mol. The van der Waals surface area contributed by atoms with Gasteiger partial charge in [0.2, 0.25) is 0 Å². The Hall–Kier alpha value is -1.81. The number of carboxylic acid groups (broad SMARTS) is 1. The largest absolute Gasteiger partial charge is 0.478 e. The zero-order chi connectivity index (χ0) is 14.9. The number of carboxylic acids is 1. The van der Waals surface area contributed by atoms with E-state index in [2.05, 4.69) is 30.5 Å². The highest BCUT2D eigenvalue weighted by Crippen LogP contribution is 2.28. The van der Waals surface area contributed by atoms with Gasteiger partial charge in [-0.25, -0.2) is 4.79 Å². The summed E-state index contributed by atoms with van der Waals surface area (Å²) in [5.41, 5.74) is 8.91. The van der Waals surface area contributed by atoms with E-state index >= 15 is 0 Å². The van der Waals surface area contributed by atoms with Crippen molar-refractivity contribution in [3.8, 4) is 0 Å². The lowest BCUT2D eigenvalue weighted by atomic mass is 9.98. The molecule has 1 aromatic heterocycles. The summed E-state index contributed by atoms with van der Waals surface area (Å²) in [5.74, 6) is -0.560. The van der Waals surface area contributed by atoms with Crippen LogP contribution in [0.15, 0.2) is 18.2 Å². The van der Waals surface area contributed by atoms with Crippen LogP contribution in [0.4, 0.5) is 0 Å². The molecule has 1 aromatic carbocycles. The molecule has 3 N–H and O–H groups in total. The molecule has 4 heteroatoms. The first-order chi connectivity index (χ1) is 9.45. The van der Waals surface area contributed by atoms with E-state index in [4.69, 9.17) is 5.73 Å². The molecular weight excluding hydrogens is 252 g/mol. The summed E-state index contributed by atoms with van der Waals surface area (Å²) >= 11 is 0. The third-order valence-corrected chi connectivity index (χ3v) is 3.70. The second kappa shape index (κ2) is 5.67. The Labute approximate surface area is 119 Å². The number of aryl methyl sites for hydroxylation is 2. The number of benzene rings is 1.